The first-order valence-corrected chi connectivity index (χ1v) is 6.08. The van der Waals surface area contributed by atoms with E-state index in [2.05, 4.69) is 33.5 Å². The van der Waals surface area contributed by atoms with Crippen molar-refractivity contribution >= 4 is 19.6 Å². The van der Waals surface area contributed by atoms with E-state index >= 15 is 0 Å². The van der Waals surface area contributed by atoms with Crippen LogP contribution < -0.4 is 0 Å². The molecule has 0 aromatic heterocycles. The van der Waals surface area contributed by atoms with Gasteiger partial charge in [0.1, 0.15) is 0 Å². The van der Waals surface area contributed by atoms with Crippen molar-refractivity contribution in [2.75, 3.05) is 6.16 Å². The Balaban J connectivity index is 0.000000292. The van der Waals surface area contributed by atoms with Crippen molar-refractivity contribution in [2.24, 2.45) is 0 Å². The fraction of sp³-hybridized carbons (Fsp3) is 0.250. The Labute approximate surface area is 86.1 Å². The summed E-state index contributed by atoms with van der Waals surface area (Å²) in [6.07, 6.45) is 2.33. The molecule has 0 radical (unpaired) electrons. The predicted octanol–water partition coefficient (Wildman–Crippen LogP) is 1.45. The predicted molar refractivity (Wildman–Crippen MR) is 58.9 cm³/mol. The molecule has 0 fully saturated rings. The molecule has 0 saturated carbocycles. The van der Waals surface area contributed by atoms with Crippen molar-refractivity contribution in [2.45, 2.75) is 6.42 Å². The van der Waals surface area contributed by atoms with E-state index in [1.54, 1.807) is 0 Å². The lowest BCUT2D eigenvalue weighted by Gasteiger charge is -1.93. The summed E-state index contributed by atoms with van der Waals surface area (Å²) in [6, 6.07) is 10.5. The topological polar surface area (TPSA) is 74.6 Å². The molecular formula is C8H13O4PS. The monoisotopic (exact) mass is 236 g/mol. The number of benzene rings is 1. The van der Waals surface area contributed by atoms with Crippen molar-refractivity contribution in [3.63, 3.8) is 0 Å². The summed E-state index contributed by atoms with van der Waals surface area (Å²) >= 11 is 0. The van der Waals surface area contributed by atoms with E-state index in [0.717, 1.165) is 6.16 Å². The Morgan fingerprint density at radius 3 is 1.93 bits per heavy atom. The Morgan fingerprint density at radius 1 is 1.14 bits per heavy atom. The number of hydrogen-bond acceptors (Lipinski definition) is 2. The summed E-state index contributed by atoms with van der Waals surface area (Å²) < 4.78 is 31.6. The van der Waals surface area contributed by atoms with E-state index in [1.165, 1.54) is 12.0 Å². The van der Waals surface area contributed by atoms with E-state index in [0.29, 0.717) is 0 Å². The highest BCUT2D eigenvalue weighted by Crippen LogP contribution is 2.00. The second kappa shape index (κ2) is 6.90. The zero-order valence-electron chi connectivity index (χ0n) is 7.50. The molecule has 4 nitrogen and oxygen atoms in total. The first kappa shape index (κ1) is 13.5. The summed E-state index contributed by atoms with van der Waals surface area (Å²) in [6.45, 7) is 0. The highest BCUT2D eigenvalue weighted by atomic mass is 32.3. The summed E-state index contributed by atoms with van der Waals surface area (Å²) in [5.74, 6) is 0. The van der Waals surface area contributed by atoms with Crippen molar-refractivity contribution in [3.05, 3.63) is 35.9 Å². The molecule has 0 saturated heterocycles. The van der Waals surface area contributed by atoms with Crippen LogP contribution in [0.1, 0.15) is 5.56 Å². The molecule has 0 heterocycles. The molecule has 80 valence electrons. The van der Waals surface area contributed by atoms with Crippen molar-refractivity contribution in [1.82, 2.24) is 0 Å². The number of hydrogen-bond donors (Lipinski definition) is 2. The molecule has 0 bridgehead atoms. The van der Waals surface area contributed by atoms with Gasteiger partial charge in [-0.05, 0) is 18.1 Å². The summed E-state index contributed by atoms with van der Waals surface area (Å²) in [7, 11) is -1.94. The van der Waals surface area contributed by atoms with Crippen LogP contribution >= 0.6 is 9.24 Å². The molecule has 0 aliphatic heterocycles. The van der Waals surface area contributed by atoms with Gasteiger partial charge in [-0.2, -0.15) is 8.42 Å². The maximum Gasteiger partial charge on any atom is 0.394 e. The largest absolute Gasteiger partial charge is 0.394 e. The van der Waals surface area contributed by atoms with Crippen LogP contribution in [-0.4, -0.2) is 23.7 Å². The first-order valence-electron chi connectivity index (χ1n) is 3.87. The lowest BCUT2D eigenvalue weighted by atomic mass is 10.2. The molecule has 2 N–H and O–H groups in total. The molecule has 0 aliphatic rings. The molecule has 0 spiro atoms. The third-order valence-electron chi connectivity index (χ3n) is 1.28. The van der Waals surface area contributed by atoms with Crippen LogP contribution in [0.5, 0.6) is 0 Å². The second-order valence-corrected chi connectivity index (χ2v) is 3.95. The quantitative estimate of drug-likeness (QED) is 0.602. The summed E-state index contributed by atoms with van der Waals surface area (Å²) in [5, 5.41) is 0. The van der Waals surface area contributed by atoms with Crippen molar-refractivity contribution in [1.29, 1.82) is 0 Å². The van der Waals surface area contributed by atoms with Gasteiger partial charge in [-0.1, -0.05) is 30.3 Å². The van der Waals surface area contributed by atoms with Gasteiger partial charge >= 0.3 is 10.4 Å². The summed E-state index contributed by atoms with van der Waals surface area (Å²) in [5.41, 5.74) is 1.42. The van der Waals surface area contributed by atoms with Crippen LogP contribution in [0.15, 0.2) is 30.3 Å². The third kappa shape index (κ3) is 11.5. The number of aryl methyl sites for hydroxylation is 1. The molecule has 1 aromatic rings. The molecule has 0 aliphatic carbocycles. The Morgan fingerprint density at radius 2 is 1.57 bits per heavy atom. The zero-order valence-corrected chi connectivity index (χ0v) is 9.47. The standard InChI is InChI=1S/C8H11P.H2O4S/c9-7-6-8-4-2-1-3-5-8;1-5(2,3)4/h1-5H,6-7,9H2;(H2,1,2,3,4). The van der Waals surface area contributed by atoms with Crippen LogP contribution in [0, 0.1) is 0 Å². The molecule has 1 atom stereocenters. The van der Waals surface area contributed by atoms with Gasteiger partial charge in [-0.15, -0.1) is 9.24 Å². The third-order valence-corrected chi connectivity index (χ3v) is 1.56. The second-order valence-electron chi connectivity index (χ2n) is 2.47. The molecular weight excluding hydrogens is 223 g/mol. The van der Waals surface area contributed by atoms with E-state index in [-0.39, 0.29) is 0 Å². The minimum Gasteiger partial charge on any atom is -0.264 e. The Bertz CT molecular complexity index is 328. The average molecular weight is 236 g/mol. The molecule has 6 heteroatoms. The van der Waals surface area contributed by atoms with Crippen LogP contribution in [0.4, 0.5) is 0 Å². The molecule has 1 aromatic carbocycles. The minimum atomic E-state index is -4.67. The zero-order chi connectivity index (χ0) is 11.0. The van der Waals surface area contributed by atoms with Gasteiger partial charge in [0.2, 0.25) is 0 Å². The smallest absolute Gasteiger partial charge is 0.264 e. The van der Waals surface area contributed by atoms with E-state index in [9.17, 15) is 0 Å². The highest BCUT2D eigenvalue weighted by Gasteiger charge is 1.85. The fourth-order valence-corrected chi connectivity index (χ4v) is 1.14. The van der Waals surface area contributed by atoms with E-state index < -0.39 is 10.4 Å². The van der Waals surface area contributed by atoms with E-state index in [4.69, 9.17) is 17.5 Å². The lowest BCUT2D eigenvalue weighted by molar-refractivity contribution is 0.381. The molecule has 1 unspecified atom stereocenters. The first-order chi connectivity index (χ1) is 6.43. The van der Waals surface area contributed by atoms with Gasteiger partial charge in [0.15, 0.2) is 0 Å². The lowest BCUT2D eigenvalue weighted by Crippen LogP contribution is -1.89. The van der Waals surface area contributed by atoms with Gasteiger partial charge in [-0.25, -0.2) is 0 Å². The van der Waals surface area contributed by atoms with Gasteiger partial charge in [0, 0.05) is 0 Å². The Hall–Kier alpha value is -0.480. The van der Waals surface area contributed by atoms with Gasteiger partial charge in [-0.3, -0.25) is 9.11 Å². The van der Waals surface area contributed by atoms with Gasteiger partial charge in [0.25, 0.3) is 0 Å². The minimum absolute atomic E-state index is 1.16. The van der Waals surface area contributed by atoms with Gasteiger partial charge < -0.3 is 0 Å². The van der Waals surface area contributed by atoms with Crippen LogP contribution in [0.2, 0.25) is 0 Å². The number of rotatable bonds is 2. The Kier molecular flexibility index (Phi) is 6.66. The van der Waals surface area contributed by atoms with Crippen LogP contribution in [0.25, 0.3) is 0 Å². The maximum absolute atomic E-state index is 8.74. The average Bonchev–Trinajstić information content (AvgIpc) is 2.03. The van der Waals surface area contributed by atoms with Crippen molar-refractivity contribution < 1.29 is 17.5 Å². The normalized spacial score (nSPS) is 10.2. The maximum atomic E-state index is 8.74. The van der Waals surface area contributed by atoms with Crippen LogP contribution in [0.3, 0.4) is 0 Å². The van der Waals surface area contributed by atoms with Crippen molar-refractivity contribution in [3.8, 4) is 0 Å². The summed E-state index contributed by atoms with van der Waals surface area (Å²) in [4.78, 5) is 0. The van der Waals surface area contributed by atoms with Gasteiger partial charge in [0.05, 0.1) is 0 Å². The highest BCUT2D eigenvalue weighted by molar-refractivity contribution is 7.79. The fourth-order valence-electron chi connectivity index (χ4n) is 0.811. The molecule has 0 amide bonds. The van der Waals surface area contributed by atoms with Crippen LogP contribution in [-0.2, 0) is 16.8 Å². The van der Waals surface area contributed by atoms with E-state index in [1.807, 2.05) is 6.07 Å². The molecule has 1 rings (SSSR count). The molecule has 14 heavy (non-hydrogen) atoms. The SMILES string of the molecule is O=S(=O)(O)O.PCCc1ccccc1.